The van der Waals surface area contributed by atoms with E-state index in [-0.39, 0.29) is 5.92 Å². The van der Waals surface area contributed by atoms with Crippen LogP contribution < -0.4 is 10.6 Å². The standard InChI is InChI=1S/C23H27N5O2S/c1-14(2)18-8-6-7-9-19(18)28-20(17-12-10-15(3)11-13-17)26-27-23(28)31-16(4)21(29)25-22(30)24-5/h6-14,16H,1-5H3,(H2,24,25,29,30). The Balaban J connectivity index is 2.08. The molecule has 0 radical (unpaired) electrons. The van der Waals surface area contributed by atoms with E-state index in [1.165, 1.54) is 18.8 Å². The highest BCUT2D eigenvalue weighted by Gasteiger charge is 2.24. The number of para-hydroxylation sites is 1. The van der Waals surface area contributed by atoms with Gasteiger partial charge in [0.15, 0.2) is 11.0 Å². The van der Waals surface area contributed by atoms with E-state index in [9.17, 15) is 9.59 Å². The lowest BCUT2D eigenvalue weighted by Crippen LogP contribution is -2.41. The van der Waals surface area contributed by atoms with Crippen molar-refractivity contribution >= 4 is 23.7 Å². The number of nitrogens with zero attached hydrogens (tertiary/aromatic N) is 3. The van der Waals surface area contributed by atoms with Crippen molar-refractivity contribution < 1.29 is 9.59 Å². The molecule has 0 spiro atoms. The first-order valence-corrected chi connectivity index (χ1v) is 11.0. The van der Waals surface area contributed by atoms with Crippen LogP contribution in [0.15, 0.2) is 53.7 Å². The molecule has 3 aromatic rings. The van der Waals surface area contributed by atoms with Gasteiger partial charge in [-0.25, -0.2) is 4.79 Å². The molecule has 1 heterocycles. The van der Waals surface area contributed by atoms with Crippen LogP contribution >= 0.6 is 11.8 Å². The topological polar surface area (TPSA) is 88.9 Å². The van der Waals surface area contributed by atoms with Crippen molar-refractivity contribution in [3.05, 3.63) is 59.7 Å². The van der Waals surface area contributed by atoms with Crippen LogP contribution in [-0.4, -0.2) is 39.0 Å². The minimum absolute atomic E-state index is 0.288. The summed E-state index contributed by atoms with van der Waals surface area (Å²) in [5, 5.41) is 13.6. The smallest absolute Gasteiger partial charge is 0.321 e. The number of carbonyl (C=O) groups is 2. The van der Waals surface area contributed by atoms with Gasteiger partial charge in [0.05, 0.1) is 10.9 Å². The Kier molecular flexibility index (Phi) is 7.12. The van der Waals surface area contributed by atoms with E-state index in [0.717, 1.165) is 22.4 Å². The first-order chi connectivity index (χ1) is 14.8. The Morgan fingerprint density at radius 2 is 1.68 bits per heavy atom. The average molecular weight is 438 g/mol. The quantitative estimate of drug-likeness (QED) is 0.561. The predicted octanol–water partition coefficient (Wildman–Crippen LogP) is 4.30. The fourth-order valence-electron chi connectivity index (χ4n) is 3.12. The van der Waals surface area contributed by atoms with Crippen LogP contribution in [0, 0.1) is 6.92 Å². The highest BCUT2D eigenvalue weighted by molar-refractivity contribution is 8.00. The monoisotopic (exact) mass is 437 g/mol. The summed E-state index contributed by atoms with van der Waals surface area (Å²) in [4.78, 5) is 23.9. The van der Waals surface area contributed by atoms with E-state index in [1.54, 1.807) is 6.92 Å². The second kappa shape index (κ2) is 9.78. The second-order valence-corrected chi connectivity index (χ2v) is 8.86. The van der Waals surface area contributed by atoms with Gasteiger partial charge in [-0.3, -0.25) is 14.7 Å². The van der Waals surface area contributed by atoms with E-state index in [0.29, 0.717) is 11.0 Å². The zero-order chi connectivity index (χ0) is 22.5. The van der Waals surface area contributed by atoms with Crippen molar-refractivity contribution in [3.63, 3.8) is 0 Å². The van der Waals surface area contributed by atoms with Crippen LogP contribution in [0.25, 0.3) is 17.1 Å². The average Bonchev–Trinajstić information content (AvgIpc) is 3.17. The Hall–Kier alpha value is -3.13. The van der Waals surface area contributed by atoms with Crippen LogP contribution in [0.1, 0.15) is 37.8 Å². The molecule has 2 N–H and O–H groups in total. The van der Waals surface area contributed by atoms with E-state index >= 15 is 0 Å². The van der Waals surface area contributed by atoms with Crippen molar-refractivity contribution in [2.45, 2.75) is 44.0 Å². The first-order valence-electron chi connectivity index (χ1n) is 10.1. The third-order valence-corrected chi connectivity index (χ3v) is 5.90. The molecule has 1 unspecified atom stereocenters. The maximum absolute atomic E-state index is 12.4. The molecule has 8 heteroatoms. The molecule has 3 amide bonds. The fraction of sp³-hybridized carbons (Fsp3) is 0.304. The molecule has 0 aliphatic rings. The maximum Gasteiger partial charge on any atom is 0.321 e. The summed E-state index contributed by atoms with van der Waals surface area (Å²) in [5.74, 6) is 0.596. The molecule has 7 nitrogen and oxygen atoms in total. The summed E-state index contributed by atoms with van der Waals surface area (Å²) in [7, 11) is 1.47. The van der Waals surface area contributed by atoms with Gasteiger partial charge in [0.2, 0.25) is 5.91 Å². The van der Waals surface area contributed by atoms with E-state index < -0.39 is 17.2 Å². The van der Waals surface area contributed by atoms with Crippen molar-refractivity contribution in [1.82, 2.24) is 25.4 Å². The zero-order valence-corrected chi connectivity index (χ0v) is 19.2. The molecule has 3 rings (SSSR count). The largest absolute Gasteiger partial charge is 0.341 e. The highest BCUT2D eigenvalue weighted by Crippen LogP contribution is 2.33. The van der Waals surface area contributed by atoms with E-state index in [4.69, 9.17) is 0 Å². The van der Waals surface area contributed by atoms with Gasteiger partial charge in [-0.1, -0.05) is 73.6 Å². The molecule has 0 fully saturated rings. The Labute approximate surface area is 186 Å². The molecular formula is C23H27N5O2S. The van der Waals surface area contributed by atoms with Crippen LogP contribution in [0.3, 0.4) is 0 Å². The number of urea groups is 1. The molecule has 2 aromatic carbocycles. The molecule has 1 atom stereocenters. The first kappa shape index (κ1) is 22.6. The number of hydrogen-bond acceptors (Lipinski definition) is 5. The van der Waals surface area contributed by atoms with Crippen molar-refractivity contribution in [2.24, 2.45) is 0 Å². The van der Waals surface area contributed by atoms with Gasteiger partial charge in [-0.05, 0) is 31.4 Å². The van der Waals surface area contributed by atoms with Gasteiger partial charge in [-0.2, -0.15) is 0 Å². The summed E-state index contributed by atoms with van der Waals surface area (Å²) in [6, 6.07) is 15.7. The van der Waals surface area contributed by atoms with Gasteiger partial charge < -0.3 is 5.32 Å². The maximum atomic E-state index is 12.4. The SMILES string of the molecule is CNC(=O)NC(=O)C(C)Sc1nnc(-c2ccc(C)cc2)n1-c1ccccc1C(C)C. The number of amides is 3. The molecule has 0 bridgehead atoms. The second-order valence-electron chi connectivity index (χ2n) is 7.55. The number of imide groups is 1. The van der Waals surface area contributed by atoms with Gasteiger partial charge in [0, 0.05) is 12.6 Å². The van der Waals surface area contributed by atoms with Gasteiger partial charge in [-0.15, -0.1) is 10.2 Å². The van der Waals surface area contributed by atoms with Crippen LogP contribution in [0.5, 0.6) is 0 Å². The van der Waals surface area contributed by atoms with E-state index in [2.05, 4.69) is 40.7 Å². The summed E-state index contributed by atoms with van der Waals surface area (Å²) in [5.41, 5.74) is 4.22. The minimum atomic E-state index is -0.544. The number of aromatic nitrogens is 3. The molecule has 0 aliphatic carbocycles. The number of thioether (sulfide) groups is 1. The van der Waals surface area contributed by atoms with Gasteiger partial charge >= 0.3 is 6.03 Å². The summed E-state index contributed by atoms with van der Waals surface area (Å²) < 4.78 is 1.99. The fourth-order valence-corrected chi connectivity index (χ4v) is 3.98. The van der Waals surface area contributed by atoms with Crippen molar-refractivity contribution in [2.75, 3.05) is 7.05 Å². The van der Waals surface area contributed by atoms with Gasteiger partial charge in [0.1, 0.15) is 0 Å². The minimum Gasteiger partial charge on any atom is -0.341 e. The Morgan fingerprint density at radius 3 is 2.32 bits per heavy atom. The molecule has 162 valence electrons. The van der Waals surface area contributed by atoms with Gasteiger partial charge in [0.25, 0.3) is 0 Å². The van der Waals surface area contributed by atoms with Crippen LogP contribution in [0.4, 0.5) is 4.79 Å². The number of benzene rings is 2. The zero-order valence-electron chi connectivity index (χ0n) is 18.3. The Bertz CT molecular complexity index is 1080. The number of nitrogens with one attached hydrogen (secondary N) is 2. The summed E-state index contributed by atoms with van der Waals surface area (Å²) in [6.45, 7) is 8.06. The number of aryl methyl sites for hydroxylation is 1. The van der Waals surface area contributed by atoms with Crippen molar-refractivity contribution in [1.29, 1.82) is 0 Å². The van der Waals surface area contributed by atoms with Crippen molar-refractivity contribution in [3.8, 4) is 17.1 Å². The number of rotatable bonds is 6. The normalized spacial score (nSPS) is 11.9. The van der Waals surface area contributed by atoms with E-state index in [1.807, 2.05) is 54.0 Å². The molecular weight excluding hydrogens is 410 g/mol. The van der Waals surface area contributed by atoms with Crippen LogP contribution in [-0.2, 0) is 4.79 Å². The van der Waals surface area contributed by atoms with Crippen LogP contribution in [0.2, 0.25) is 0 Å². The third kappa shape index (κ3) is 5.14. The molecule has 0 saturated carbocycles. The number of carbonyl (C=O) groups excluding carboxylic acids is 2. The predicted molar refractivity (Wildman–Crippen MR) is 124 cm³/mol. The lowest BCUT2D eigenvalue weighted by atomic mass is 10.0. The molecule has 0 saturated heterocycles. The lowest BCUT2D eigenvalue weighted by molar-refractivity contribution is -0.119. The lowest BCUT2D eigenvalue weighted by Gasteiger charge is -2.18. The number of hydrogen-bond donors (Lipinski definition) is 2. The molecule has 1 aromatic heterocycles. The molecule has 0 aliphatic heterocycles. The molecule has 31 heavy (non-hydrogen) atoms. The summed E-state index contributed by atoms with van der Waals surface area (Å²) in [6.07, 6.45) is 0. The Morgan fingerprint density at radius 1 is 1.00 bits per heavy atom. The highest BCUT2D eigenvalue weighted by atomic mass is 32.2. The summed E-state index contributed by atoms with van der Waals surface area (Å²) >= 11 is 1.26. The third-order valence-electron chi connectivity index (χ3n) is 4.86.